The van der Waals surface area contributed by atoms with Gasteiger partial charge in [0, 0.05) is 19.6 Å². The van der Waals surface area contributed by atoms with E-state index in [1.165, 1.54) is 36.8 Å². The van der Waals surface area contributed by atoms with Crippen LogP contribution in [0, 0.1) is 0 Å². The lowest BCUT2D eigenvalue weighted by Crippen LogP contribution is -2.46. The van der Waals surface area contributed by atoms with Gasteiger partial charge in [-0.05, 0) is 67.4 Å². The van der Waals surface area contributed by atoms with Crippen LogP contribution in [0.3, 0.4) is 0 Å². The first-order valence-corrected chi connectivity index (χ1v) is 16.3. The van der Waals surface area contributed by atoms with Crippen molar-refractivity contribution < 1.29 is 14.3 Å². The Kier molecular flexibility index (Phi) is 11.3. The zero-order chi connectivity index (χ0) is 25.2. The zero-order valence-electron chi connectivity index (χ0n) is 22.9. The molecule has 192 valence electrons. The van der Waals surface area contributed by atoms with Crippen molar-refractivity contribution in [2.24, 2.45) is 0 Å². The number of allylic oxidation sites excluding steroid dienone is 1. The molecule has 0 radical (unpaired) electrons. The van der Waals surface area contributed by atoms with Gasteiger partial charge in [-0.1, -0.05) is 89.5 Å². The summed E-state index contributed by atoms with van der Waals surface area (Å²) in [4.78, 5) is 0. The molecule has 0 unspecified atom stereocenters. The van der Waals surface area contributed by atoms with E-state index in [4.69, 9.17) is 9.16 Å². The molecule has 3 atom stereocenters. The van der Waals surface area contributed by atoms with E-state index in [0.717, 1.165) is 32.3 Å². The van der Waals surface area contributed by atoms with Crippen molar-refractivity contribution >= 4 is 8.32 Å². The minimum atomic E-state index is -2.02. The average molecular weight is 487 g/mol. The summed E-state index contributed by atoms with van der Waals surface area (Å²) in [6.45, 7) is 14.5. The Balaban J connectivity index is 2.34. The van der Waals surface area contributed by atoms with Crippen LogP contribution >= 0.6 is 0 Å². The van der Waals surface area contributed by atoms with E-state index in [0.29, 0.717) is 0 Å². The van der Waals surface area contributed by atoms with E-state index < -0.39 is 13.9 Å². The summed E-state index contributed by atoms with van der Waals surface area (Å²) in [5, 5.41) is 12.1. The van der Waals surface area contributed by atoms with Crippen LogP contribution in [0.5, 0.6) is 0 Å². The second-order valence-electron chi connectivity index (χ2n) is 11.5. The second-order valence-corrected chi connectivity index (χ2v) is 16.2. The van der Waals surface area contributed by atoms with Crippen LogP contribution in [0.1, 0.15) is 89.7 Å². The second kappa shape index (κ2) is 13.2. The van der Waals surface area contributed by atoms with E-state index in [1.807, 2.05) is 12.2 Å². The SMILES string of the molecule is CCCCCC/C=C/[C@]1(O)C=C[C@@H](O[Si](C)(C)C(C)(C)C)[C@@H]1c1ccccc1CCCCOC. The van der Waals surface area contributed by atoms with Crippen LogP contribution in [0.15, 0.2) is 48.6 Å². The van der Waals surface area contributed by atoms with Crippen LogP contribution in [-0.4, -0.2) is 38.8 Å². The zero-order valence-corrected chi connectivity index (χ0v) is 23.9. The molecule has 0 aromatic heterocycles. The van der Waals surface area contributed by atoms with E-state index >= 15 is 0 Å². The van der Waals surface area contributed by atoms with Crippen molar-refractivity contribution in [1.82, 2.24) is 0 Å². The van der Waals surface area contributed by atoms with Gasteiger partial charge < -0.3 is 14.3 Å². The monoisotopic (exact) mass is 486 g/mol. The highest BCUT2D eigenvalue weighted by molar-refractivity contribution is 6.74. The van der Waals surface area contributed by atoms with Gasteiger partial charge >= 0.3 is 0 Å². The fraction of sp³-hybridized carbons (Fsp3) is 0.667. The maximum atomic E-state index is 12.0. The van der Waals surface area contributed by atoms with Gasteiger partial charge in [-0.2, -0.15) is 0 Å². The lowest BCUT2D eigenvalue weighted by atomic mass is 9.80. The van der Waals surface area contributed by atoms with E-state index in [9.17, 15) is 5.11 Å². The molecule has 1 aromatic rings. The number of ether oxygens (including phenoxy) is 1. The highest BCUT2D eigenvalue weighted by Gasteiger charge is 2.48. The first-order chi connectivity index (χ1) is 16.1. The number of methoxy groups -OCH3 is 1. The van der Waals surface area contributed by atoms with E-state index in [2.05, 4.69) is 77.2 Å². The van der Waals surface area contributed by atoms with Crippen LogP contribution in [0.25, 0.3) is 0 Å². The third-order valence-electron chi connectivity index (χ3n) is 7.66. The number of unbranched alkanes of at least 4 members (excludes halogenated alkanes) is 5. The number of aryl methyl sites for hydroxylation is 1. The van der Waals surface area contributed by atoms with Crippen LogP contribution < -0.4 is 0 Å². The minimum Gasteiger partial charge on any atom is -0.410 e. The van der Waals surface area contributed by atoms with Gasteiger partial charge in [-0.3, -0.25) is 0 Å². The van der Waals surface area contributed by atoms with Crippen molar-refractivity contribution in [3.05, 3.63) is 59.7 Å². The molecule has 0 saturated heterocycles. The minimum absolute atomic E-state index is 0.112. The molecule has 0 saturated carbocycles. The molecular formula is C30H50O3Si. The lowest BCUT2D eigenvalue weighted by molar-refractivity contribution is 0.0729. The first-order valence-electron chi connectivity index (χ1n) is 13.4. The Labute approximate surface area is 210 Å². The van der Waals surface area contributed by atoms with Gasteiger partial charge in [0.05, 0.1) is 6.10 Å². The Morgan fingerprint density at radius 2 is 1.79 bits per heavy atom. The number of hydrogen-bond donors (Lipinski definition) is 1. The van der Waals surface area contributed by atoms with Crippen molar-refractivity contribution in [3.63, 3.8) is 0 Å². The summed E-state index contributed by atoms with van der Waals surface area (Å²) >= 11 is 0. The lowest BCUT2D eigenvalue weighted by Gasteiger charge is -2.41. The molecule has 0 spiro atoms. The summed E-state index contributed by atoms with van der Waals surface area (Å²) in [5.41, 5.74) is 1.50. The summed E-state index contributed by atoms with van der Waals surface area (Å²) in [6, 6.07) is 8.64. The number of rotatable bonds is 14. The van der Waals surface area contributed by atoms with Crippen molar-refractivity contribution in [1.29, 1.82) is 0 Å². The summed E-state index contributed by atoms with van der Waals surface area (Å²) in [5.74, 6) is -0.132. The van der Waals surface area contributed by atoms with Gasteiger partial charge in [0.2, 0.25) is 0 Å². The van der Waals surface area contributed by atoms with Gasteiger partial charge in [0.15, 0.2) is 8.32 Å². The molecule has 0 bridgehead atoms. The standard InChI is InChI=1S/C30H50O3Si/c1-8-9-10-11-12-16-22-30(31)23-21-27(33-34(6,7)29(2,3)4)28(30)26-20-14-13-18-25(26)19-15-17-24-32-5/h13-14,16,18,20-23,27-28,31H,8-12,15,17,19,24H2,1-7H3/b22-16+/t27-,28+,30+/m1/s1. The molecule has 0 fully saturated rings. The molecule has 1 aromatic carbocycles. The smallest absolute Gasteiger partial charge is 0.192 e. The Bertz CT molecular complexity index is 792. The predicted octanol–water partition coefficient (Wildman–Crippen LogP) is 7.96. The fourth-order valence-corrected chi connectivity index (χ4v) is 5.77. The average Bonchev–Trinajstić information content (AvgIpc) is 3.08. The molecule has 1 N–H and O–H groups in total. The molecule has 0 aliphatic heterocycles. The normalized spacial score (nSPS) is 23.3. The Morgan fingerprint density at radius 3 is 2.47 bits per heavy atom. The Morgan fingerprint density at radius 1 is 1.06 bits per heavy atom. The highest BCUT2D eigenvalue weighted by Crippen LogP contribution is 2.46. The van der Waals surface area contributed by atoms with Gasteiger partial charge in [0.1, 0.15) is 5.60 Å². The molecule has 3 nitrogen and oxygen atoms in total. The molecule has 0 heterocycles. The fourth-order valence-electron chi connectivity index (χ4n) is 4.52. The molecule has 1 aliphatic rings. The first kappa shape index (κ1) is 29.0. The van der Waals surface area contributed by atoms with Gasteiger partial charge in [0.25, 0.3) is 0 Å². The van der Waals surface area contributed by atoms with Crippen LogP contribution in [0.2, 0.25) is 18.1 Å². The maximum Gasteiger partial charge on any atom is 0.192 e. The van der Waals surface area contributed by atoms with Gasteiger partial charge in [-0.25, -0.2) is 0 Å². The highest BCUT2D eigenvalue weighted by atomic mass is 28.4. The molecular weight excluding hydrogens is 436 g/mol. The largest absolute Gasteiger partial charge is 0.410 e. The van der Waals surface area contributed by atoms with Crippen LogP contribution in [0.4, 0.5) is 0 Å². The number of hydrogen-bond acceptors (Lipinski definition) is 3. The summed E-state index contributed by atoms with van der Waals surface area (Å²) in [6.07, 6.45) is 17.3. The molecule has 0 amide bonds. The number of aliphatic hydroxyl groups is 1. The van der Waals surface area contributed by atoms with E-state index in [-0.39, 0.29) is 17.1 Å². The predicted molar refractivity (Wildman–Crippen MR) is 148 cm³/mol. The quantitative estimate of drug-likeness (QED) is 0.165. The Hall–Kier alpha value is -1.20. The van der Waals surface area contributed by atoms with Crippen LogP contribution in [-0.2, 0) is 15.6 Å². The van der Waals surface area contributed by atoms with E-state index in [1.54, 1.807) is 7.11 Å². The van der Waals surface area contributed by atoms with Crippen molar-refractivity contribution in [3.8, 4) is 0 Å². The maximum absolute atomic E-state index is 12.0. The molecule has 4 heteroatoms. The third kappa shape index (κ3) is 7.91. The van der Waals surface area contributed by atoms with Crippen molar-refractivity contribution in [2.45, 2.75) is 115 Å². The molecule has 1 aliphatic carbocycles. The van der Waals surface area contributed by atoms with Gasteiger partial charge in [-0.15, -0.1) is 0 Å². The topological polar surface area (TPSA) is 38.7 Å². The molecule has 34 heavy (non-hydrogen) atoms. The molecule has 2 rings (SSSR count). The number of benzene rings is 1. The summed E-state index contributed by atoms with van der Waals surface area (Å²) < 4.78 is 12.2. The third-order valence-corrected chi connectivity index (χ3v) is 12.1. The van der Waals surface area contributed by atoms with Crippen molar-refractivity contribution in [2.75, 3.05) is 13.7 Å². The summed E-state index contributed by atoms with van der Waals surface area (Å²) in [7, 11) is -0.257.